The lowest BCUT2D eigenvalue weighted by Crippen LogP contribution is -2.53. The molecule has 210 valence electrons. The van der Waals surface area contributed by atoms with Crippen molar-refractivity contribution in [1.29, 1.82) is 0 Å². The van der Waals surface area contributed by atoms with Gasteiger partial charge in [0, 0.05) is 17.2 Å². The summed E-state index contributed by atoms with van der Waals surface area (Å²) in [6.07, 6.45) is 13.8. The van der Waals surface area contributed by atoms with Crippen molar-refractivity contribution >= 4 is 17.8 Å². The fraction of sp³-hybridized carbons (Fsp3) is 0.189. The fourth-order valence-electron chi connectivity index (χ4n) is 5.23. The van der Waals surface area contributed by atoms with E-state index in [1.165, 1.54) is 6.08 Å². The fourth-order valence-corrected chi connectivity index (χ4v) is 5.23. The molecule has 0 spiro atoms. The molecule has 42 heavy (non-hydrogen) atoms. The molecule has 0 amide bonds. The van der Waals surface area contributed by atoms with Crippen LogP contribution < -0.4 is 4.74 Å². The number of hydrogen-bond acceptors (Lipinski definition) is 5. The number of allylic oxidation sites excluding steroid dienone is 5. The largest absolute Gasteiger partial charge is 0.444 e. The van der Waals surface area contributed by atoms with E-state index in [4.69, 9.17) is 14.2 Å². The smallest absolute Gasteiger partial charge is 0.334 e. The van der Waals surface area contributed by atoms with Crippen molar-refractivity contribution in [3.8, 4) is 17.6 Å². The van der Waals surface area contributed by atoms with Crippen LogP contribution >= 0.6 is 0 Å². The Morgan fingerprint density at radius 3 is 2.50 bits per heavy atom. The Balaban J connectivity index is 1.57. The molecule has 0 saturated carbocycles. The maximum absolute atomic E-state index is 14.3. The van der Waals surface area contributed by atoms with Crippen molar-refractivity contribution < 1.29 is 23.8 Å². The standard InChI is InChI=1S/C37H32O5/c1-4-5-6-7-8-9-10-16-25-40-36-32-23-22-29(27(2)3)26-33(32)41-37(36,31-20-15-14-19-30(31)35(36)39)42-34(38)24-21-28-17-12-11-13-18-28/h4-7,10-24,26-27H,25H2,1-3H3/b5-4-,7-6-,16-10+,24-21+. The van der Waals surface area contributed by atoms with Crippen molar-refractivity contribution in [1.82, 2.24) is 0 Å². The van der Waals surface area contributed by atoms with Gasteiger partial charge in [0.1, 0.15) is 5.75 Å². The number of hydrogen-bond donors (Lipinski definition) is 0. The molecule has 5 nitrogen and oxygen atoms in total. The molecule has 2 unspecified atom stereocenters. The average molecular weight is 557 g/mol. The van der Waals surface area contributed by atoms with E-state index in [9.17, 15) is 9.59 Å². The Morgan fingerprint density at radius 1 is 0.952 bits per heavy atom. The molecule has 0 aromatic heterocycles. The Bertz CT molecular complexity index is 1660. The van der Waals surface area contributed by atoms with Gasteiger partial charge < -0.3 is 14.2 Å². The number of carbonyl (C=O) groups excluding carboxylic acids is 2. The highest BCUT2D eigenvalue weighted by atomic mass is 16.7. The third-order valence-electron chi connectivity index (χ3n) is 7.23. The zero-order chi connectivity index (χ0) is 29.6. The summed E-state index contributed by atoms with van der Waals surface area (Å²) in [5, 5.41) is 0. The zero-order valence-corrected chi connectivity index (χ0v) is 23.9. The van der Waals surface area contributed by atoms with E-state index < -0.39 is 17.4 Å². The molecule has 2 aliphatic rings. The second kappa shape index (κ2) is 12.3. The van der Waals surface area contributed by atoms with Gasteiger partial charge in [0.2, 0.25) is 11.4 Å². The van der Waals surface area contributed by atoms with Crippen LogP contribution in [-0.4, -0.2) is 18.4 Å². The van der Waals surface area contributed by atoms with Crippen LogP contribution in [0.3, 0.4) is 0 Å². The lowest BCUT2D eigenvalue weighted by molar-refractivity contribution is -0.254. The predicted octanol–water partition coefficient (Wildman–Crippen LogP) is 7.41. The lowest BCUT2D eigenvalue weighted by atomic mass is 9.85. The average Bonchev–Trinajstić information content (AvgIpc) is 3.39. The lowest BCUT2D eigenvalue weighted by Gasteiger charge is -2.36. The van der Waals surface area contributed by atoms with Gasteiger partial charge in [-0.1, -0.05) is 117 Å². The third kappa shape index (κ3) is 5.13. The number of fused-ring (bicyclic) bond motifs is 5. The SMILES string of the molecule is C/C=C\C=C/C#C/C=C/COC12C(=O)c3ccccc3C1(OC(=O)/C=C/c1ccccc1)Oc1cc(C(C)C)ccc12. The zero-order valence-electron chi connectivity index (χ0n) is 23.9. The van der Waals surface area contributed by atoms with E-state index >= 15 is 0 Å². The summed E-state index contributed by atoms with van der Waals surface area (Å²) in [6, 6.07) is 22.2. The van der Waals surface area contributed by atoms with Crippen molar-refractivity contribution in [2.75, 3.05) is 6.61 Å². The Labute approximate surface area is 246 Å². The topological polar surface area (TPSA) is 61.8 Å². The number of ether oxygens (including phenoxy) is 3. The van der Waals surface area contributed by atoms with E-state index in [0.29, 0.717) is 22.4 Å². The monoisotopic (exact) mass is 556 g/mol. The quantitative estimate of drug-likeness (QED) is 0.125. The number of rotatable bonds is 8. The molecule has 0 N–H and O–H groups in total. The number of esters is 1. The minimum absolute atomic E-state index is 0.0286. The second-order valence-electron chi connectivity index (χ2n) is 10.2. The third-order valence-corrected chi connectivity index (χ3v) is 7.23. The summed E-state index contributed by atoms with van der Waals surface area (Å²) in [5.41, 5.74) is 1.45. The Kier molecular flexibility index (Phi) is 8.38. The normalized spacial score (nSPS) is 20.6. The molecule has 3 aromatic carbocycles. The van der Waals surface area contributed by atoms with Gasteiger partial charge in [-0.25, -0.2) is 4.79 Å². The molecule has 0 radical (unpaired) electrons. The van der Waals surface area contributed by atoms with Gasteiger partial charge in [0.15, 0.2) is 0 Å². The molecule has 1 aliphatic carbocycles. The first-order chi connectivity index (χ1) is 20.4. The van der Waals surface area contributed by atoms with Crippen molar-refractivity contribution in [3.05, 3.63) is 143 Å². The van der Waals surface area contributed by atoms with Crippen LogP contribution in [0, 0.1) is 11.8 Å². The number of Topliss-reactive ketones (excluding diaryl/α,β-unsaturated/α-hetero) is 1. The first-order valence-corrected chi connectivity index (χ1v) is 13.9. The molecule has 0 fully saturated rings. The molecular weight excluding hydrogens is 524 g/mol. The molecule has 5 rings (SSSR count). The summed E-state index contributed by atoms with van der Waals surface area (Å²) >= 11 is 0. The number of carbonyl (C=O) groups is 2. The van der Waals surface area contributed by atoms with E-state index in [2.05, 4.69) is 25.7 Å². The van der Waals surface area contributed by atoms with Crippen molar-refractivity contribution in [2.24, 2.45) is 0 Å². The van der Waals surface area contributed by atoms with Gasteiger partial charge in [0.25, 0.3) is 0 Å². The van der Waals surface area contributed by atoms with Crippen LogP contribution in [0.25, 0.3) is 6.08 Å². The van der Waals surface area contributed by atoms with Gasteiger partial charge in [-0.3, -0.25) is 4.79 Å². The van der Waals surface area contributed by atoms with Crippen LogP contribution in [0.4, 0.5) is 0 Å². The van der Waals surface area contributed by atoms with Crippen LogP contribution in [0.2, 0.25) is 0 Å². The number of ketones is 1. The van der Waals surface area contributed by atoms with E-state index in [-0.39, 0.29) is 18.3 Å². The van der Waals surface area contributed by atoms with E-state index in [1.54, 1.807) is 48.6 Å². The molecule has 1 aliphatic heterocycles. The molecule has 1 heterocycles. The molecule has 0 bridgehead atoms. The molecular formula is C37H32O5. The van der Waals surface area contributed by atoms with Gasteiger partial charge in [0.05, 0.1) is 12.2 Å². The highest BCUT2D eigenvalue weighted by molar-refractivity contribution is 6.10. The van der Waals surface area contributed by atoms with E-state index in [1.807, 2.05) is 73.7 Å². The molecule has 0 saturated heterocycles. The van der Waals surface area contributed by atoms with E-state index in [0.717, 1.165) is 11.1 Å². The molecule has 2 atom stereocenters. The molecule has 5 heteroatoms. The first kappa shape index (κ1) is 28.6. The highest BCUT2D eigenvalue weighted by Crippen LogP contribution is 2.62. The highest BCUT2D eigenvalue weighted by Gasteiger charge is 2.75. The first-order valence-electron chi connectivity index (χ1n) is 13.9. The minimum Gasteiger partial charge on any atom is -0.444 e. The molecule has 3 aromatic rings. The van der Waals surface area contributed by atoms with Crippen LogP contribution in [0.5, 0.6) is 5.75 Å². The maximum atomic E-state index is 14.3. The summed E-state index contributed by atoms with van der Waals surface area (Å²) in [4.78, 5) is 27.8. The number of benzene rings is 3. The summed E-state index contributed by atoms with van der Waals surface area (Å²) in [7, 11) is 0. The summed E-state index contributed by atoms with van der Waals surface area (Å²) < 4.78 is 19.3. The summed E-state index contributed by atoms with van der Waals surface area (Å²) in [6.45, 7) is 6.12. The Morgan fingerprint density at radius 2 is 1.71 bits per heavy atom. The van der Waals surface area contributed by atoms with Crippen molar-refractivity contribution in [2.45, 2.75) is 38.1 Å². The Hall–Kier alpha value is -4.92. The summed E-state index contributed by atoms with van der Waals surface area (Å²) in [5.74, 6) is 3.66. The van der Waals surface area contributed by atoms with Crippen LogP contribution in [-0.2, 0) is 25.7 Å². The van der Waals surface area contributed by atoms with Gasteiger partial charge >= 0.3 is 11.8 Å². The van der Waals surface area contributed by atoms with Gasteiger partial charge in [-0.15, -0.1) is 0 Å². The maximum Gasteiger partial charge on any atom is 0.334 e. The van der Waals surface area contributed by atoms with Crippen molar-refractivity contribution in [3.63, 3.8) is 0 Å². The minimum atomic E-state index is -1.86. The second-order valence-corrected chi connectivity index (χ2v) is 10.2. The van der Waals surface area contributed by atoms with Gasteiger partial charge in [-0.2, -0.15) is 0 Å². The van der Waals surface area contributed by atoms with Crippen LogP contribution in [0.15, 0.2) is 115 Å². The van der Waals surface area contributed by atoms with Crippen LogP contribution in [0.1, 0.15) is 59.3 Å². The predicted molar refractivity (Wildman–Crippen MR) is 164 cm³/mol. The van der Waals surface area contributed by atoms with Gasteiger partial charge in [-0.05, 0) is 48.3 Å².